The predicted molar refractivity (Wildman–Crippen MR) is 139 cm³/mol. The van der Waals surface area contributed by atoms with Crippen LogP contribution in [0.1, 0.15) is 149 Å². The zero-order valence-corrected chi connectivity index (χ0v) is 22.4. The molecule has 0 spiro atoms. The van der Waals surface area contributed by atoms with Crippen molar-refractivity contribution in [3.63, 3.8) is 0 Å². The van der Waals surface area contributed by atoms with Gasteiger partial charge in [-0.25, -0.2) is 9.59 Å². The van der Waals surface area contributed by atoms with Crippen molar-refractivity contribution in [1.82, 2.24) is 4.98 Å². The molecule has 0 aliphatic rings. The third-order valence-corrected chi connectivity index (χ3v) is 6.31. The SMILES string of the molecule is CCCCCCCCCCOC(=O)c1cc(C(=O)OCCCCCCCCCC)c(C)nc1C. The quantitative estimate of drug-likeness (QED) is 0.140. The summed E-state index contributed by atoms with van der Waals surface area (Å²) in [5, 5.41) is 0. The second-order valence-electron chi connectivity index (χ2n) is 9.48. The topological polar surface area (TPSA) is 65.5 Å². The summed E-state index contributed by atoms with van der Waals surface area (Å²) in [4.78, 5) is 29.5. The fourth-order valence-electron chi connectivity index (χ4n) is 4.10. The standard InChI is InChI=1S/C29H49NO4/c1-5-7-9-11-13-15-17-19-21-33-28(31)26-23-27(25(4)30-24(26)3)29(32)34-22-20-18-16-14-12-10-8-6-2/h23H,5-22H2,1-4H3. The van der Waals surface area contributed by atoms with Crippen LogP contribution in [0, 0.1) is 13.8 Å². The lowest BCUT2D eigenvalue weighted by molar-refractivity contribution is 0.0494. The maximum absolute atomic E-state index is 12.6. The smallest absolute Gasteiger partial charge is 0.340 e. The number of carbonyl (C=O) groups excluding carboxylic acids is 2. The molecule has 1 rings (SSSR count). The Bertz CT molecular complexity index is 646. The first kappa shape index (κ1) is 30.1. The predicted octanol–water partition coefficient (Wildman–Crippen LogP) is 8.29. The molecule has 0 aliphatic carbocycles. The average Bonchev–Trinajstić information content (AvgIpc) is 2.81. The molecule has 0 N–H and O–H groups in total. The Labute approximate surface area is 208 Å². The first-order valence-electron chi connectivity index (χ1n) is 13.8. The van der Waals surface area contributed by atoms with E-state index in [1.807, 2.05) is 0 Å². The second kappa shape index (κ2) is 19.4. The Morgan fingerprint density at radius 1 is 0.588 bits per heavy atom. The summed E-state index contributed by atoms with van der Waals surface area (Å²) in [6.07, 6.45) is 19.1. The van der Waals surface area contributed by atoms with E-state index in [1.165, 1.54) is 77.0 Å². The molecule has 0 amide bonds. The van der Waals surface area contributed by atoms with E-state index in [0.717, 1.165) is 25.7 Å². The largest absolute Gasteiger partial charge is 0.462 e. The molecule has 0 aromatic carbocycles. The Morgan fingerprint density at radius 2 is 0.912 bits per heavy atom. The lowest BCUT2D eigenvalue weighted by atomic mass is 10.1. The third-order valence-electron chi connectivity index (χ3n) is 6.31. The van der Waals surface area contributed by atoms with E-state index < -0.39 is 11.9 Å². The van der Waals surface area contributed by atoms with Crippen LogP contribution < -0.4 is 0 Å². The van der Waals surface area contributed by atoms with E-state index in [4.69, 9.17) is 9.47 Å². The van der Waals surface area contributed by atoms with Gasteiger partial charge < -0.3 is 9.47 Å². The Balaban J connectivity index is 2.36. The van der Waals surface area contributed by atoms with Gasteiger partial charge in [0.1, 0.15) is 0 Å². The Morgan fingerprint density at radius 3 is 1.26 bits per heavy atom. The van der Waals surface area contributed by atoms with Crippen LogP contribution in [-0.2, 0) is 9.47 Å². The van der Waals surface area contributed by atoms with Crippen molar-refractivity contribution in [1.29, 1.82) is 0 Å². The number of hydrogen-bond acceptors (Lipinski definition) is 5. The van der Waals surface area contributed by atoms with Crippen molar-refractivity contribution in [2.75, 3.05) is 13.2 Å². The molecule has 0 saturated heterocycles. The molecule has 0 unspecified atom stereocenters. The van der Waals surface area contributed by atoms with Crippen LogP contribution in [0.5, 0.6) is 0 Å². The number of esters is 2. The van der Waals surface area contributed by atoms with Crippen molar-refractivity contribution in [2.45, 2.75) is 130 Å². The minimum absolute atomic E-state index is 0.351. The van der Waals surface area contributed by atoms with Gasteiger partial charge in [0.2, 0.25) is 0 Å². The number of hydrogen-bond donors (Lipinski definition) is 0. The van der Waals surface area contributed by atoms with E-state index in [1.54, 1.807) is 19.9 Å². The van der Waals surface area contributed by atoms with E-state index in [0.29, 0.717) is 35.7 Å². The van der Waals surface area contributed by atoms with Gasteiger partial charge in [0.05, 0.1) is 35.7 Å². The van der Waals surface area contributed by atoms with Crippen LogP contribution >= 0.6 is 0 Å². The van der Waals surface area contributed by atoms with Crippen molar-refractivity contribution < 1.29 is 19.1 Å². The van der Waals surface area contributed by atoms with Gasteiger partial charge >= 0.3 is 11.9 Å². The highest BCUT2D eigenvalue weighted by Crippen LogP contribution is 2.16. The summed E-state index contributed by atoms with van der Waals surface area (Å²) in [7, 11) is 0. The van der Waals surface area contributed by atoms with Gasteiger partial charge in [-0.1, -0.05) is 104 Å². The fourth-order valence-corrected chi connectivity index (χ4v) is 4.10. The molecular formula is C29H49NO4. The van der Waals surface area contributed by atoms with E-state index >= 15 is 0 Å². The van der Waals surface area contributed by atoms with Gasteiger partial charge in [0.25, 0.3) is 0 Å². The second-order valence-corrected chi connectivity index (χ2v) is 9.48. The van der Waals surface area contributed by atoms with Gasteiger partial charge in [-0.3, -0.25) is 4.98 Å². The van der Waals surface area contributed by atoms with E-state index in [9.17, 15) is 9.59 Å². The summed E-state index contributed by atoms with van der Waals surface area (Å²) in [6.45, 7) is 8.80. The number of pyridine rings is 1. The summed E-state index contributed by atoms with van der Waals surface area (Å²) in [6, 6.07) is 1.59. The minimum atomic E-state index is -0.412. The first-order chi connectivity index (χ1) is 16.5. The zero-order valence-electron chi connectivity index (χ0n) is 22.4. The molecule has 0 radical (unpaired) electrons. The van der Waals surface area contributed by atoms with Crippen molar-refractivity contribution in [2.24, 2.45) is 0 Å². The van der Waals surface area contributed by atoms with Crippen LogP contribution in [-0.4, -0.2) is 30.1 Å². The summed E-state index contributed by atoms with van der Waals surface area (Å²) in [5.74, 6) is -0.824. The number of rotatable bonds is 20. The number of nitrogens with zero attached hydrogens (tertiary/aromatic N) is 1. The summed E-state index contributed by atoms with van der Waals surface area (Å²) < 4.78 is 10.9. The molecule has 5 nitrogen and oxygen atoms in total. The van der Waals surface area contributed by atoms with Crippen molar-refractivity contribution in [3.05, 3.63) is 28.6 Å². The molecule has 0 atom stereocenters. The van der Waals surface area contributed by atoms with Crippen LogP contribution in [0.15, 0.2) is 6.07 Å². The summed E-state index contributed by atoms with van der Waals surface area (Å²) >= 11 is 0. The van der Waals surface area contributed by atoms with E-state index in [-0.39, 0.29) is 0 Å². The molecule has 5 heteroatoms. The van der Waals surface area contributed by atoms with Gasteiger partial charge in [-0.2, -0.15) is 0 Å². The van der Waals surface area contributed by atoms with Gasteiger partial charge in [-0.05, 0) is 32.8 Å². The molecule has 1 aromatic rings. The Hall–Kier alpha value is -1.91. The molecule has 0 bridgehead atoms. The molecule has 0 saturated carbocycles. The lowest BCUT2D eigenvalue weighted by Gasteiger charge is -2.11. The zero-order chi connectivity index (χ0) is 25.0. The van der Waals surface area contributed by atoms with E-state index in [2.05, 4.69) is 18.8 Å². The normalized spacial score (nSPS) is 10.9. The van der Waals surface area contributed by atoms with Crippen molar-refractivity contribution in [3.8, 4) is 0 Å². The molecule has 194 valence electrons. The minimum Gasteiger partial charge on any atom is -0.462 e. The van der Waals surface area contributed by atoms with Gasteiger partial charge in [0, 0.05) is 0 Å². The van der Waals surface area contributed by atoms with Crippen LogP contribution in [0.3, 0.4) is 0 Å². The molecular weight excluding hydrogens is 426 g/mol. The number of unbranched alkanes of at least 4 members (excludes halogenated alkanes) is 14. The first-order valence-corrected chi connectivity index (χ1v) is 13.8. The highest BCUT2D eigenvalue weighted by atomic mass is 16.5. The third kappa shape index (κ3) is 13.1. The molecule has 1 aromatic heterocycles. The molecule has 0 aliphatic heterocycles. The number of ether oxygens (including phenoxy) is 2. The highest BCUT2D eigenvalue weighted by molar-refractivity contribution is 5.96. The lowest BCUT2D eigenvalue weighted by Crippen LogP contribution is -2.15. The van der Waals surface area contributed by atoms with Crippen molar-refractivity contribution >= 4 is 11.9 Å². The Kier molecular flexibility index (Phi) is 17.2. The number of aromatic nitrogens is 1. The maximum atomic E-state index is 12.6. The molecule has 34 heavy (non-hydrogen) atoms. The van der Waals surface area contributed by atoms with Crippen LogP contribution in [0.2, 0.25) is 0 Å². The number of carbonyl (C=O) groups is 2. The summed E-state index contributed by atoms with van der Waals surface area (Å²) in [5.41, 5.74) is 1.87. The molecule has 0 fully saturated rings. The molecule has 1 heterocycles. The highest BCUT2D eigenvalue weighted by Gasteiger charge is 2.19. The monoisotopic (exact) mass is 475 g/mol. The van der Waals surface area contributed by atoms with Crippen LogP contribution in [0.4, 0.5) is 0 Å². The fraction of sp³-hybridized carbons (Fsp3) is 0.759. The maximum Gasteiger partial charge on any atom is 0.340 e. The van der Waals surface area contributed by atoms with Crippen LogP contribution in [0.25, 0.3) is 0 Å². The van der Waals surface area contributed by atoms with Gasteiger partial charge in [0.15, 0.2) is 0 Å². The van der Waals surface area contributed by atoms with Gasteiger partial charge in [-0.15, -0.1) is 0 Å². The number of aryl methyl sites for hydroxylation is 2. The average molecular weight is 476 g/mol.